The highest BCUT2D eigenvalue weighted by molar-refractivity contribution is 7.09. The fraction of sp³-hybridized carbons (Fsp3) is 0.750. The van der Waals surface area contributed by atoms with Gasteiger partial charge in [-0.2, -0.15) is 5.26 Å². The third kappa shape index (κ3) is 3.59. The number of aryl methyl sites for hydroxylation is 1. The molecule has 0 radical (unpaired) electrons. The fourth-order valence-electron chi connectivity index (χ4n) is 3.36. The van der Waals surface area contributed by atoms with Crippen molar-refractivity contribution in [2.45, 2.75) is 58.5 Å². The second-order valence-electron chi connectivity index (χ2n) is 6.05. The summed E-state index contributed by atoms with van der Waals surface area (Å²) in [6.45, 7) is 5.26. The van der Waals surface area contributed by atoms with Crippen LogP contribution in [-0.4, -0.2) is 23.0 Å². The van der Waals surface area contributed by atoms with Crippen LogP contribution >= 0.6 is 11.3 Å². The van der Waals surface area contributed by atoms with E-state index in [1.54, 1.807) is 11.3 Å². The molecule has 1 aromatic rings. The molecule has 3 atom stereocenters. The molecule has 20 heavy (non-hydrogen) atoms. The van der Waals surface area contributed by atoms with Crippen molar-refractivity contribution in [2.75, 3.05) is 7.05 Å². The lowest BCUT2D eigenvalue weighted by atomic mass is 9.76. The van der Waals surface area contributed by atoms with Gasteiger partial charge >= 0.3 is 0 Å². The highest BCUT2D eigenvalue weighted by Crippen LogP contribution is 2.34. The summed E-state index contributed by atoms with van der Waals surface area (Å²) in [6, 6.07) is 2.95. The molecule has 2 rings (SSSR count). The predicted octanol–water partition coefficient (Wildman–Crippen LogP) is 3.99. The van der Waals surface area contributed by atoms with E-state index < -0.39 is 0 Å². The average molecular weight is 291 g/mol. The SMILES string of the molecule is CCCC1CCC(C#N)C(N(C)Cc2scnc2C)C1. The summed E-state index contributed by atoms with van der Waals surface area (Å²) in [4.78, 5) is 8.05. The fourth-order valence-corrected chi connectivity index (χ4v) is 4.20. The minimum Gasteiger partial charge on any atom is -0.297 e. The molecule has 4 heteroatoms. The molecule has 0 spiro atoms. The lowest BCUT2D eigenvalue weighted by molar-refractivity contribution is 0.116. The Labute approximate surface area is 126 Å². The van der Waals surface area contributed by atoms with Gasteiger partial charge in [0, 0.05) is 17.5 Å². The third-order valence-corrected chi connectivity index (χ3v) is 5.51. The Morgan fingerprint density at radius 1 is 1.50 bits per heavy atom. The van der Waals surface area contributed by atoms with Gasteiger partial charge in [-0.15, -0.1) is 11.3 Å². The Morgan fingerprint density at radius 3 is 2.90 bits per heavy atom. The third-order valence-electron chi connectivity index (χ3n) is 4.59. The maximum absolute atomic E-state index is 9.42. The van der Waals surface area contributed by atoms with Crippen molar-refractivity contribution in [3.05, 3.63) is 16.1 Å². The zero-order valence-corrected chi connectivity index (χ0v) is 13.6. The number of aromatic nitrogens is 1. The van der Waals surface area contributed by atoms with E-state index in [1.807, 2.05) is 5.51 Å². The molecule has 1 fully saturated rings. The Balaban J connectivity index is 2.02. The molecule has 1 saturated carbocycles. The molecule has 3 nitrogen and oxygen atoms in total. The van der Waals surface area contributed by atoms with Crippen LogP contribution in [-0.2, 0) is 6.54 Å². The van der Waals surface area contributed by atoms with Crippen LogP contribution in [0.15, 0.2) is 5.51 Å². The lowest BCUT2D eigenvalue weighted by Crippen LogP contribution is -2.41. The Hall–Kier alpha value is -0.920. The van der Waals surface area contributed by atoms with E-state index in [9.17, 15) is 5.26 Å². The van der Waals surface area contributed by atoms with E-state index in [4.69, 9.17) is 0 Å². The van der Waals surface area contributed by atoms with Crippen LogP contribution < -0.4 is 0 Å². The average Bonchev–Trinajstić information content (AvgIpc) is 2.84. The molecule has 3 unspecified atom stereocenters. The number of thiazole rings is 1. The van der Waals surface area contributed by atoms with Crippen molar-refractivity contribution in [1.29, 1.82) is 5.26 Å². The molecule has 1 aromatic heterocycles. The van der Waals surface area contributed by atoms with Crippen LogP contribution in [0.25, 0.3) is 0 Å². The highest BCUT2D eigenvalue weighted by Gasteiger charge is 2.32. The summed E-state index contributed by atoms with van der Waals surface area (Å²) >= 11 is 1.73. The second kappa shape index (κ2) is 7.19. The normalized spacial score (nSPS) is 26.6. The van der Waals surface area contributed by atoms with Gasteiger partial charge in [0.1, 0.15) is 0 Å². The molecular weight excluding hydrogens is 266 g/mol. The van der Waals surface area contributed by atoms with Gasteiger partial charge in [0.25, 0.3) is 0 Å². The zero-order chi connectivity index (χ0) is 14.5. The van der Waals surface area contributed by atoms with Crippen molar-refractivity contribution in [3.8, 4) is 6.07 Å². The molecular formula is C16H25N3S. The Bertz CT molecular complexity index is 463. The van der Waals surface area contributed by atoms with Crippen LogP contribution in [0.3, 0.4) is 0 Å². The van der Waals surface area contributed by atoms with Crippen LogP contribution in [0.1, 0.15) is 49.6 Å². The highest BCUT2D eigenvalue weighted by atomic mass is 32.1. The Morgan fingerprint density at radius 2 is 2.30 bits per heavy atom. The first-order chi connectivity index (χ1) is 9.65. The molecule has 0 bridgehead atoms. The topological polar surface area (TPSA) is 39.9 Å². The van der Waals surface area contributed by atoms with Crippen LogP contribution in [0.2, 0.25) is 0 Å². The van der Waals surface area contributed by atoms with E-state index in [1.165, 1.54) is 30.6 Å². The van der Waals surface area contributed by atoms with Gasteiger partial charge in [-0.25, -0.2) is 4.98 Å². The number of nitrogens with zero attached hydrogens (tertiary/aromatic N) is 3. The molecule has 1 aliphatic rings. The maximum atomic E-state index is 9.42. The van der Waals surface area contributed by atoms with Gasteiger partial charge in [0.2, 0.25) is 0 Å². The largest absolute Gasteiger partial charge is 0.297 e. The molecule has 110 valence electrons. The van der Waals surface area contributed by atoms with Crippen molar-refractivity contribution >= 4 is 11.3 Å². The number of nitriles is 1. The first-order valence-electron chi connectivity index (χ1n) is 7.64. The quantitative estimate of drug-likeness (QED) is 0.823. The van der Waals surface area contributed by atoms with Crippen LogP contribution in [0.5, 0.6) is 0 Å². The van der Waals surface area contributed by atoms with Crippen molar-refractivity contribution in [2.24, 2.45) is 11.8 Å². The van der Waals surface area contributed by atoms with Gasteiger partial charge < -0.3 is 0 Å². The van der Waals surface area contributed by atoms with Gasteiger partial charge in [0.05, 0.1) is 23.2 Å². The van der Waals surface area contributed by atoms with Gasteiger partial charge in [0.15, 0.2) is 0 Å². The van der Waals surface area contributed by atoms with E-state index in [-0.39, 0.29) is 5.92 Å². The first kappa shape index (κ1) is 15.5. The van der Waals surface area contributed by atoms with E-state index in [2.05, 4.69) is 36.8 Å². The Kier molecular flexibility index (Phi) is 5.56. The summed E-state index contributed by atoms with van der Waals surface area (Å²) in [5, 5.41) is 9.42. The van der Waals surface area contributed by atoms with E-state index in [0.29, 0.717) is 6.04 Å². The monoisotopic (exact) mass is 291 g/mol. The van der Waals surface area contributed by atoms with Gasteiger partial charge in [-0.3, -0.25) is 4.90 Å². The van der Waals surface area contributed by atoms with E-state index >= 15 is 0 Å². The standard InChI is InChI=1S/C16H25N3S/c1-4-5-13-6-7-14(9-17)15(8-13)19(3)10-16-12(2)18-11-20-16/h11,13-15H,4-8,10H2,1-3H3. The molecule has 0 aliphatic heterocycles. The molecule has 0 saturated heterocycles. The van der Waals surface area contributed by atoms with Crippen LogP contribution in [0.4, 0.5) is 0 Å². The summed E-state index contributed by atoms with van der Waals surface area (Å²) in [5.74, 6) is 1.00. The zero-order valence-electron chi connectivity index (χ0n) is 12.8. The molecule has 0 aromatic carbocycles. The first-order valence-corrected chi connectivity index (χ1v) is 8.52. The summed E-state index contributed by atoms with van der Waals surface area (Å²) in [6.07, 6.45) is 6.04. The summed E-state index contributed by atoms with van der Waals surface area (Å²) < 4.78 is 0. The molecule has 1 aliphatic carbocycles. The van der Waals surface area contributed by atoms with Crippen molar-refractivity contribution in [3.63, 3.8) is 0 Å². The lowest BCUT2D eigenvalue weighted by Gasteiger charge is -2.38. The van der Waals surface area contributed by atoms with Crippen molar-refractivity contribution < 1.29 is 0 Å². The maximum Gasteiger partial charge on any atom is 0.0798 e. The van der Waals surface area contributed by atoms with Crippen LogP contribution in [0, 0.1) is 30.1 Å². The molecule has 0 amide bonds. The molecule has 1 heterocycles. The van der Waals surface area contributed by atoms with E-state index in [0.717, 1.165) is 24.6 Å². The second-order valence-corrected chi connectivity index (χ2v) is 6.99. The number of rotatable bonds is 5. The van der Waals surface area contributed by atoms with Gasteiger partial charge in [-0.1, -0.05) is 19.8 Å². The predicted molar refractivity (Wildman–Crippen MR) is 83.5 cm³/mol. The minimum absolute atomic E-state index is 0.196. The smallest absolute Gasteiger partial charge is 0.0798 e. The van der Waals surface area contributed by atoms with Crippen molar-refractivity contribution in [1.82, 2.24) is 9.88 Å². The van der Waals surface area contributed by atoms with Gasteiger partial charge in [-0.05, 0) is 39.2 Å². The summed E-state index contributed by atoms with van der Waals surface area (Å²) in [7, 11) is 2.17. The number of hydrogen-bond acceptors (Lipinski definition) is 4. The molecule has 0 N–H and O–H groups in total. The number of hydrogen-bond donors (Lipinski definition) is 0. The minimum atomic E-state index is 0.196. The summed E-state index contributed by atoms with van der Waals surface area (Å²) in [5.41, 5.74) is 3.05.